The van der Waals surface area contributed by atoms with Gasteiger partial charge in [0.1, 0.15) is 17.5 Å². The molecule has 0 radical (unpaired) electrons. The van der Waals surface area contributed by atoms with Crippen LogP contribution in [0.1, 0.15) is 0 Å². The second kappa shape index (κ2) is 6.83. The topological polar surface area (TPSA) is 56.0 Å². The van der Waals surface area contributed by atoms with Gasteiger partial charge in [-0.25, -0.2) is 9.97 Å². The van der Waals surface area contributed by atoms with Gasteiger partial charge in [0.05, 0.1) is 10.9 Å². The zero-order valence-corrected chi connectivity index (χ0v) is 16.4. The van der Waals surface area contributed by atoms with Gasteiger partial charge in [0, 0.05) is 24.2 Å². The van der Waals surface area contributed by atoms with Gasteiger partial charge in [-0.3, -0.25) is 9.36 Å². The molecule has 0 fully saturated rings. The third kappa shape index (κ3) is 2.89. The van der Waals surface area contributed by atoms with Crippen LogP contribution in [0.5, 0.6) is 0 Å². The Morgan fingerprint density at radius 2 is 1.69 bits per heavy atom. The Morgan fingerprint density at radius 3 is 2.48 bits per heavy atom. The van der Waals surface area contributed by atoms with Crippen molar-refractivity contribution in [3.63, 3.8) is 0 Å². The summed E-state index contributed by atoms with van der Waals surface area (Å²) in [5.74, 6) is 0. The third-order valence-corrected chi connectivity index (χ3v) is 5.25. The average Bonchev–Trinajstić information content (AvgIpc) is 3.16. The Morgan fingerprint density at radius 1 is 0.931 bits per heavy atom. The Labute approximate surface area is 167 Å². The van der Waals surface area contributed by atoms with E-state index in [9.17, 15) is 4.79 Å². The SMILES string of the molecule is CN(C)CCn1c2ccccc2c(=O)c2cc3ncn(-c4ccccc4)c3nc21. The van der Waals surface area contributed by atoms with Crippen LogP contribution < -0.4 is 5.43 Å². The fourth-order valence-electron chi connectivity index (χ4n) is 3.77. The lowest BCUT2D eigenvalue weighted by atomic mass is 10.1. The molecule has 0 bridgehead atoms. The van der Waals surface area contributed by atoms with Gasteiger partial charge >= 0.3 is 0 Å². The highest BCUT2D eigenvalue weighted by Crippen LogP contribution is 2.23. The second-order valence-corrected chi connectivity index (χ2v) is 7.45. The number of likely N-dealkylation sites (N-methyl/N-ethyl adjacent to an activating group) is 1. The van der Waals surface area contributed by atoms with Crippen LogP contribution in [0.3, 0.4) is 0 Å². The first-order valence-electron chi connectivity index (χ1n) is 9.63. The number of imidazole rings is 1. The first-order chi connectivity index (χ1) is 14.1. The molecule has 0 amide bonds. The van der Waals surface area contributed by atoms with Crippen LogP contribution in [0.15, 0.2) is 71.8 Å². The molecule has 29 heavy (non-hydrogen) atoms. The molecular weight excluding hydrogens is 362 g/mol. The zero-order chi connectivity index (χ0) is 20.0. The first kappa shape index (κ1) is 17.6. The first-order valence-corrected chi connectivity index (χ1v) is 9.63. The molecule has 6 heteroatoms. The van der Waals surface area contributed by atoms with Crippen molar-refractivity contribution in [2.75, 3.05) is 20.6 Å². The number of pyridine rings is 2. The molecule has 3 aromatic heterocycles. The highest BCUT2D eigenvalue weighted by atomic mass is 16.1. The maximum absolute atomic E-state index is 13.2. The molecular formula is C23H21N5O. The quantitative estimate of drug-likeness (QED) is 0.446. The normalized spacial score (nSPS) is 11.8. The van der Waals surface area contributed by atoms with Crippen LogP contribution in [-0.2, 0) is 6.54 Å². The van der Waals surface area contributed by atoms with E-state index in [-0.39, 0.29) is 5.43 Å². The van der Waals surface area contributed by atoms with Gasteiger partial charge in [-0.1, -0.05) is 30.3 Å². The van der Waals surface area contributed by atoms with Crippen LogP contribution in [0.4, 0.5) is 0 Å². The third-order valence-electron chi connectivity index (χ3n) is 5.25. The van der Waals surface area contributed by atoms with Gasteiger partial charge in [-0.2, -0.15) is 0 Å². The predicted molar refractivity (Wildman–Crippen MR) is 117 cm³/mol. The maximum Gasteiger partial charge on any atom is 0.198 e. The van der Waals surface area contributed by atoms with Crippen molar-refractivity contribution in [3.8, 4) is 5.69 Å². The number of aromatic nitrogens is 4. The molecule has 144 valence electrons. The van der Waals surface area contributed by atoms with E-state index in [1.807, 2.05) is 79.3 Å². The van der Waals surface area contributed by atoms with E-state index < -0.39 is 0 Å². The van der Waals surface area contributed by atoms with Gasteiger partial charge < -0.3 is 9.47 Å². The summed E-state index contributed by atoms with van der Waals surface area (Å²) in [6.45, 7) is 1.59. The number of benzene rings is 2. The minimum atomic E-state index is 0.000337. The fraction of sp³-hybridized carbons (Fsp3) is 0.174. The number of hydrogen-bond acceptors (Lipinski definition) is 4. The van der Waals surface area contributed by atoms with Crippen molar-refractivity contribution in [1.29, 1.82) is 0 Å². The Hall–Kier alpha value is -3.51. The molecule has 0 aliphatic heterocycles. The molecule has 0 saturated carbocycles. The second-order valence-electron chi connectivity index (χ2n) is 7.45. The molecule has 0 atom stereocenters. The molecule has 5 rings (SSSR count). The van der Waals surface area contributed by atoms with Crippen molar-refractivity contribution in [2.45, 2.75) is 6.54 Å². The van der Waals surface area contributed by atoms with Crippen molar-refractivity contribution < 1.29 is 0 Å². The molecule has 0 N–H and O–H groups in total. The lowest BCUT2D eigenvalue weighted by molar-refractivity contribution is 0.388. The van der Waals surface area contributed by atoms with E-state index in [1.165, 1.54) is 0 Å². The molecule has 0 spiro atoms. The van der Waals surface area contributed by atoms with Crippen molar-refractivity contribution >= 4 is 33.1 Å². The van der Waals surface area contributed by atoms with Gasteiger partial charge in [-0.05, 0) is 44.4 Å². The Balaban J connectivity index is 1.87. The van der Waals surface area contributed by atoms with E-state index in [2.05, 4.69) is 14.5 Å². The van der Waals surface area contributed by atoms with Crippen molar-refractivity contribution in [1.82, 2.24) is 24.0 Å². The lowest BCUT2D eigenvalue weighted by Gasteiger charge is -2.17. The minimum Gasteiger partial charge on any atom is -0.324 e. The lowest BCUT2D eigenvalue weighted by Crippen LogP contribution is -2.21. The van der Waals surface area contributed by atoms with E-state index in [0.29, 0.717) is 21.9 Å². The highest BCUT2D eigenvalue weighted by molar-refractivity contribution is 5.96. The van der Waals surface area contributed by atoms with Crippen LogP contribution in [-0.4, -0.2) is 44.6 Å². The largest absolute Gasteiger partial charge is 0.324 e. The number of nitrogens with zero attached hydrogens (tertiary/aromatic N) is 5. The number of hydrogen-bond donors (Lipinski definition) is 0. The monoisotopic (exact) mass is 383 g/mol. The summed E-state index contributed by atoms with van der Waals surface area (Å²) in [6.07, 6.45) is 1.76. The Kier molecular flexibility index (Phi) is 4.14. The summed E-state index contributed by atoms with van der Waals surface area (Å²) in [5, 5.41) is 1.32. The van der Waals surface area contributed by atoms with Gasteiger partial charge in [0.15, 0.2) is 11.1 Å². The summed E-state index contributed by atoms with van der Waals surface area (Å²) in [4.78, 5) is 24.8. The number of rotatable bonds is 4. The van der Waals surface area contributed by atoms with Gasteiger partial charge in [0.2, 0.25) is 0 Å². The number of fused-ring (bicyclic) bond motifs is 3. The molecule has 3 heterocycles. The van der Waals surface area contributed by atoms with Gasteiger partial charge in [-0.15, -0.1) is 0 Å². The smallest absolute Gasteiger partial charge is 0.198 e. The van der Waals surface area contributed by atoms with Crippen molar-refractivity contribution in [3.05, 3.63) is 77.2 Å². The molecule has 0 aliphatic rings. The summed E-state index contributed by atoms with van der Waals surface area (Å²) in [7, 11) is 4.09. The van der Waals surface area contributed by atoms with Crippen LogP contribution in [0.2, 0.25) is 0 Å². The molecule has 0 unspecified atom stereocenters. The zero-order valence-electron chi connectivity index (χ0n) is 16.4. The van der Waals surface area contributed by atoms with E-state index in [0.717, 1.165) is 29.9 Å². The van der Waals surface area contributed by atoms with E-state index in [1.54, 1.807) is 6.33 Å². The molecule has 6 nitrogen and oxygen atoms in total. The van der Waals surface area contributed by atoms with E-state index in [4.69, 9.17) is 4.98 Å². The standard InChI is InChI=1S/C23H21N5O/c1-26(2)12-13-27-20-11-7-6-10-17(20)21(29)18-14-19-23(25-22(18)27)28(15-24-19)16-8-4-3-5-9-16/h3-11,14-15H,12-13H2,1-2H3. The van der Waals surface area contributed by atoms with E-state index >= 15 is 0 Å². The van der Waals surface area contributed by atoms with Crippen molar-refractivity contribution in [2.24, 2.45) is 0 Å². The maximum atomic E-state index is 13.2. The summed E-state index contributed by atoms with van der Waals surface area (Å²) in [6, 6.07) is 19.6. The minimum absolute atomic E-state index is 0.000337. The summed E-state index contributed by atoms with van der Waals surface area (Å²) >= 11 is 0. The molecule has 0 aliphatic carbocycles. The molecule has 2 aromatic carbocycles. The number of para-hydroxylation sites is 2. The predicted octanol–water partition coefficient (Wildman–Crippen LogP) is 3.45. The Bertz CT molecular complexity index is 1400. The molecule has 5 aromatic rings. The average molecular weight is 383 g/mol. The van der Waals surface area contributed by atoms with Gasteiger partial charge in [0.25, 0.3) is 0 Å². The van der Waals surface area contributed by atoms with Crippen LogP contribution >= 0.6 is 0 Å². The van der Waals surface area contributed by atoms with Crippen LogP contribution in [0, 0.1) is 0 Å². The van der Waals surface area contributed by atoms with Crippen LogP contribution in [0.25, 0.3) is 38.8 Å². The highest BCUT2D eigenvalue weighted by Gasteiger charge is 2.15. The molecule has 0 saturated heterocycles. The fourth-order valence-corrected chi connectivity index (χ4v) is 3.77. The summed E-state index contributed by atoms with van der Waals surface area (Å²) < 4.78 is 4.11. The summed E-state index contributed by atoms with van der Waals surface area (Å²) in [5.41, 5.74) is 4.06.